The minimum absolute atomic E-state index is 0.506. The number of benzene rings is 1. The van der Waals surface area contributed by atoms with Gasteiger partial charge in [0.15, 0.2) is 0 Å². The van der Waals surface area contributed by atoms with Crippen LogP contribution in [0.2, 0.25) is 0 Å². The van der Waals surface area contributed by atoms with Gasteiger partial charge in [0, 0.05) is 4.90 Å². The Morgan fingerprint density at radius 1 is 1.31 bits per heavy atom. The van der Waals surface area contributed by atoms with E-state index < -0.39 is 0 Å². The summed E-state index contributed by atoms with van der Waals surface area (Å²) in [5.74, 6) is 0.853. The maximum atomic E-state index is 8.87. The molecule has 0 amide bonds. The van der Waals surface area contributed by atoms with Gasteiger partial charge in [0.05, 0.1) is 22.4 Å². The Kier molecular flexibility index (Phi) is 2.88. The van der Waals surface area contributed by atoms with Crippen LogP contribution in [0.15, 0.2) is 44.7 Å². The molecule has 0 saturated heterocycles. The molecule has 0 radical (unpaired) electrons. The average molecular weight is 230 g/mol. The smallest absolute Gasteiger partial charge is 0.114 e. The highest BCUT2D eigenvalue weighted by atomic mass is 32.2. The number of hydrogen-bond donors (Lipinski definition) is 1. The van der Waals surface area contributed by atoms with Crippen LogP contribution in [0.5, 0.6) is 0 Å². The summed E-state index contributed by atoms with van der Waals surface area (Å²) < 4.78 is 5.21. The summed E-state index contributed by atoms with van der Waals surface area (Å²) in [7, 11) is 0. The van der Waals surface area contributed by atoms with Crippen LogP contribution in [0.4, 0.5) is 5.69 Å². The Bertz CT molecular complexity index is 554. The molecule has 4 heteroatoms. The van der Waals surface area contributed by atoms with Crippen LogP contribution in [0.1, 0.15) is 11.3 Å². The van der Waals surface area contributed by atoms with Crippen molar-refractivity contribution < 1.29 is 4.42 Å². The first-order valence-corrected chi connectivity index (χ1v) is 5.54. The zero-order valence-electron chi connectivity index (χ0n) is 8.73. The molecule has 3 nitrogen and oxygen atoms in total. The van der Waals surface area contributed by atoms with Gasteiger partial charge in [-0.15, -0.1) is 0 Å². The summed E-state index contributed by atoms with van der Waals surface area (Å²) in [6.07, 6.45) is 1.64. The van der Waals surface area contributed by atoms with Gasteiger partial charge < -0.3 is 10.2 Å². The van der Waals surface area contributed by atoms with Crippen LogP contribution in [-0.4, -0.2) is 0 Å². The predicted molar refractivity (Wildman–Crippen MR) is 63.1 cm³/mol. The molecule has 0 unspecified atom stereocenters. The average Bonchev–Trinajstić information content (AvgIpc) is 2.68. The molecular weight excluding hydrogens is 220 g/mol. The Balaban J connectivity index is 2.36. The van der Waals surface area contributed by atoms with Gasteiger partial charge in [0.25, 0.3) is 0 Å². The lowest BCUT2D eigenvalue weighted by atomic mass is 10.2. The Morgan fingerprint density at radius 2 is 2.12 bits per heavy atom. The third kappa shape index (κ3) is 1.90. The fourth-order valence-corrected chi connectivity index (χ4v) is 2.25. The highest BCUT2D eigenvalue weighted by molar-refractivity contribution is 7.99. The van der Waals surface area contributed by atoms with Gasteiger partial charge >= 0.3 is 0 Å². The number of nitriles is 1. The monoisotopic (exact) mass is 230 g/mol. The van der Waals surface area contributed by atoms with E-state index in [-0.39, 0.29) is 0 Å². The molecule has 1 aromatic carbocycles. The second-order valence-corrected chi connectivity index (χ2v) is 4.36. The molecule has 16 heavy (non-hydrogen) atoms. The largest absolute Gasteiger partial charge is 0.468 e. The zero-order chi connectivity index (χ0) is 11.5. The van der Waals surface area contributed by atoms with Crippen molar-refractivity contribution in [3.05, 3.63) is 41.9 Å². The van der Waals surface area contributed by atoms with E-state index in [1.54, 1.807) is 12.3 Å². The number of para-hydroxylation sites is 1. The van der Waals surface area contributed by atoms with E-state index in [9.17, 15) is 0 Å². The van der Waals surface area contributed by atoms with Crippen molar-refractivity contribution in [2.45, 2.75) is 16.7 Å². The minimum atomic E-state index is 0.506. The van der Waals surface area contributed by atoms with Crippen molar-refractivity contribution in [2.75, 3.05) is 5.73 Å². The molecule has 1 heterocycles. The molecular formula is C12H10N2OS. The predicted octanol–water partition coefficient (Wildman–Crippen LogP) is 3.19. The van der Waals surface area contributed by atoms with Crippen LogP contribution in [0.25, 0.3) is 0 Å². The number of hydrogen-bond acceptors (Lipinski definition) is 4. The van der Waals surface area contributed by atoms with E-state index in [0.29, 0.717) is 11.3 Å². The number of nitrogen functional groups attached to an aromatic ring is 1. The molecule has 2 aromatic rings. The third-order valence-electron chi connectivity index (χ3n) is 2.22. The van der Waals surface area contributed by atoms with Gasteiger partial charge in [-0.3, -0.25) is 0 Å². The first-order valence-electron chi connectivity index (χ1n) is 4.73. The molecule has 0 atom stereocenters. The lowest BCUT2D eigenvalue weighted by molar-refractivity contribution is 0.527. The third-order valence-corrected chi connectivity index (χ3v) is 3.44. The van der Waals surface area contributed by atoms with Crippen molar-refractivity contribution >= 4 is 17.4 Å². The molecule has 80 valence electrons. The lowest BCUT2D eigenvalue weighted by Gasteiger charge is -2.05. The van der Waals surface area contributed by atoms with Crippen LogP contribution < -0.4 is 5.73 Å². The Hall–Kier alpha value is -1.86. The van der Waals surface area contributed by atoms with Gasteiger partial charge in [0.1, 0.15) is 11.8 Å². The minimum Gasteiger partial charge on any atom is -0.468 e. The lowest BCUT2D eigenvalue weighted by Crippen LogP contribution is -1.92. The highest BCUT2D eigenvalue weighted by Gasteiger charge is 2.08. The van der Waals surface area contributed by atoms with E-state index in [1.807, 2.05) is 25.1 Å². The molecule has 0 aliphatic carbocycles. The van der Waals surface area contributed by atoms with Crippen LogP contribution in [0.3, 0.4) is 0 Å². The maximum Gasteiger partial charge on any atom is 0.114 e. The molecule has 1 aromatic heterocycles. The van der Waals surface area contributed by atoms with E-state index in [0.717, 1.165) is 15.6 Å². The van der Waals surface area contributed by atoms with Gasteiger partial charge in [-0.05, 0) is 25.1 Å². The number of anilines is 1. The summed E-state index contributed by atoms with van der Waals surface area (Å²) in [5.41, 5.74) is 6.92. The van der Waals surface area contributed by atoms with Crippen molar-refractivity contribution in [3.63, 3.8) is 0 Å². The Labute approximate surface area is 97.9 Å². The topological polar surface area (TPSA) is 63.0 Å². The van der Waals surface area contributed by atoms with Crippen molar-refractivity contribution in [3.8, 4) is 6.07 Å². The first-order chi connectivity index (χ1) is 7.72. The normalized spacial score (nSPS) is 10.0. The molecule has 0 aliphatic heterocycles. The summed E-state index contributed by atoms with van der Waals surface area (Å²) in [5, 5.41) is 8.87. The van der Waals surface area contributed by atoms with Crippen molar-refractivity contribution in [1.82, 2.24) is 0 Å². The Morgan fingerprint density at radius 3 is 2.75 bits per heavy atom. The summed E-state index contributed by atoms with van der Waals surface area (Å²) in [6.45, 7) is 1.90. The second-order valence-electron chi connectivity index (χ2n) is 3.27. The number of nitrogens with two attached hydrogens (primary N) is 1. The first kappa shape index (κ1) is 10.7. The summed E-state index contributed by atoms with van der Waals surface area (Å²) in [4.78, 5) is 1.89. The molecule has 0 spiro atoms. The summed E-state index contributed by atoms with van der Waals surface area (Å²) >= 11 is 1.51. The van der Waals surface area contributed by atoms with Gasteiger partial charge in [0.2, 0.25) is 0 Å². The van der Waals surface area contributed by atoms with Gasteiger partial charge in [-0.25, -0.2) is 0 Å². The van der Waals surface area contributed by atoms with Gasteiger partial charge in [-0.1, -0.05) is 17.8 Å². The molecule has 2 N–H and O–H groups in total. The van der Waals surface area contributed by atoms with E-state index in [2.05, 4.69) is 6.07 Å². The van der Waals surface area contributed by atoms with E-state index in [1.165, 1.54) is 11.8 Å². The molecule has 0 fully saturated rings. The van der Waals surface area contributed by atoms with Crippen molar-refractivity contribution in [1.29, 1.82) is 5.26 Å². The van der Waals surface area contributed by atoms with Gasteiger partial charge in [-0.2, -0.15) is 5.26 Å². The van der Waals surface area contributed by atoms with Crippen LogP contribution >= 0.6 is 11.8 Å². The summed E-state index contributed by atoms with van der Waals surface area (Å²) in [6, 6.07) is 9.39. The maximum absolute atomic E-state index is 8.87. The molecule has 0 bridgehead atoms. The quantitative estimate of drug-likeness (QED) is 0.805. The number of rotatable bonds is 2. The fourth-order valence-electron chi connectivity index (χ4n) is 1.33. The SMILES string of the molecule is Cc1occc1Sc1cccc(C#N)c1N. The van der Waals surface area contributed by atoms with E-state index in [4.69, 9.17) is 15.4 Å². The number of aryl methyl sites for hydroxylation is 1. The zero-order valence-corrected chi connectivity index (χ0v) is 9.54. The van der Waals surface area contributed by atoms with Crippen LogP contribution in [0, 0.1) is 18.3 Å². The fraction of sp³-hybridized carbons (Fsp3) is 0.0833. The number of furan rings is 1. The van der Waals surface area contributed by atoms with Crippen LogP contribution in [-0.2, 0) is 0 Å². The standard InChI is InChI=1S/C12H10N2OS/c1-8-10(5-6-15-8)16-11-4-2-3-9(7-13)12(11)14/h2-6H,14H2,1H3. The highest BCUT2D eigenvalue weighted by Crippen LogP contribution is 2.35. The molecule has 2 rings (SSSR count). The molecule has 0 saturated carbocycles. The number of nitrogens with zero attached hydrogens (tertiary/aromatic N) is 1. The molecule has 0 aliphatic rings. The second kappa shape index (κ2) is 4.33. The van der Waals surface area contributed by atoms with E-state index >= 15 is 0 Å². The van der Waals surface area contributed by atoms with Crippen molar-refractivity contribution in [2.24, 2.45) is 0 Å².